The maximum Gasteiger partial charge on any atom is 0.357 e. The van der Waals surface area contributed by atoms with Crippen LogP contribution in [0.1, 0.15) is 34.7 Å². The van der Waals surface area contributed by atoms with Gasteiger partial charge in [-0.15, -0.1) is 0 Å². The molecule has 0 saturated heterocycles. The summed E-state index contributed by atoms with van der Waals surface area (Å²) < 4.78 is 10.3. The maximum atomic E-state index is 12.8. The summed E-state index contributed by atoms with van der Waals surface area (Å²) in [5.74, 6) is -1.30. The summed E-state index contributed by atoms with van der Waals surface area (Å²) in [5.41, 5.74) is 1.85. The molecule has 0 unspecified atom stereocenters. The second kappa shape index (κ2) is 8.18. The topological polar surface area (TPSA) is 65.5 Å². The number of esters is 2. The lowest BCUT2D eigenvalue weighted by Gasteiger charge is -2.16. The van der Waals surface area contributed by atoms with Crippen molar-refractivity contribution in [2.75, 3.05) is 13.2 Å². The molecule has 0 fully saturated rings. The second-order valence-electron chi connectivity index (χ2n) is 5.68. The monoisotopic (exact) mass is 383 g/mol. The molecule has 0 radical (unpaired) electrons. The van der Waals surface area contributed by atoms with Crippen molar-refractivity contribution in [2.24, 2.45) is 0 Å². The number of carbonyl (C=O) groups is 2. The molecular formula is C21H18ClNO4. The van der Waals surface area contributed by atoms with Crippen molar-refractivity contribution in [3.8, 4) is 11.1 Å². The highest BCUT2D eigenvalue weighted by molar-refractivity contribution is 6.31. The van der Waals surface area contributed by atoms with E-state index < -0.39 is 11.9 Å². The predicted molar refractivity (Wildman–Crippen MR) is 104 cm³/mol. The molecule has 0 aliphatic heterocycles. The SMILES string of the molecule is CCOC(=O)c1nc2ccc(Cl)cc2c(-c2ccccc2)c1C(=O)OCC. The summed E-state index contributed by atoms with van der Waals surface area (Å²) in [6, 6.07) is 14.4. The van der Waals surface area contributed by atoms with Gasteiger partial charge in [0.15, 0.2) is 5.69 Å². The van der Waals surface area contributed by atoms with Crippen LogP contribution in [0.15, 0.2) is 48.5 Å². The van der Waals surface area contributed by atoms with Crippen LogP contribution in [0.4, 0.5) is 0 Å². The first-order chi connectivity index (χ1) is 13.1. The van der Waals surface area contributed by atoms with Gasteiger partial charge >= 0.3 is 11.9 Å². The highest BCUT2D eigenvalue weighted by atomic mass is 35.5. The average molecular weight is 384 g/mol. The third-order valence-electron chi connectivity index (χ3n) is 3.96. The van der Waals surface area contributed by atoms with Gasteiger partial charge < -0.3 is 9.47 Å². The Morgan fingerprint density at radius 3 is 2.30 bits per heavy atom. The molecule has 0 bridgehead atoms. The van der Waals surface area contributed by atoms with Crippen molar-refractivity contribution in [1.82, 2.24) is 4.98 Å². The molecule has 0 atom stereocenters. The first-order valence-corrected chi connectivity index (χ1v) is 8.97. The molecule has 5 nitrogen and oxygen atoms in total. The summed E-state index contributed by atoms with van der Waals surface area (Å²) in [6.07, 6.45) is 0. The van der Waals surface area contributed by atoms with Crippen LogP contribution in [0.3, 0.4) is 0 Å². The quantitative estimate of drug-likeness (QED) is 0.586. The number of hydrogen-bond donors (Lipinski definition) is 0. The third-order valence-corrected chi connectivity index (χ3v) is 4.19. The fourth-order valence-corrected chi connectivity index (χ4v) is 3.06. The Bertz CT molecular complexity index is 1000. The van der Waals surface area contributed by atoms with Crippen LogP contribution in [0.25, 0.3) is 22.0 Å². The third kappa shape index (κ3) is 3.78. The van der Waals surface area contributed by atoms with Crippen molar-refractivity contribution in [3.05, 3.63) is 64.8 Å². The van der Waals surface area contributed by atoms with E-state index in [0.717, 1.165) is 5.56 Å². The molecular weight excluding hydrogens is 366 g/mol. The molecule has 3 aromatic rings. The molecule has 0 N–H and O–H groups in total. The van der Waals surface area contributed by atoms with Crippen LogP contribution in [0.2, 0.25) is 5.02 Å². The molecule has 138 valence electrons. The van der Waals surface area contributed by atoms with Crippen LogP contribution in [0, 0.1) is 0 Å². The minimum Gasteiger partial charge on any atom is -0.462 e. The maximum absolute atomic E-state index is 12.8. The number of carbonyl (C=O) groups excluding carboxylic acids is 2. The molecule has 1 heterocycles. The largest absolute Gasteiger partial charge is 0.462 e. The minimum atomic E-state index is -0.672. The van der Waals surface area contributed by atoms with E-state index in [1.807, 2.05) is 30.3 Å². The molecule has 0 aliphatic carbocycles. The van der Waals surface area contributed by atoms with Crippen molar-refractivity contribution in [2.45, 2.75) is 13.8 Å². The van der Waals surface area contributed by atoms with E-state index in [-0.39, 0.29) is 24.5 Å². The summed E-state index contributed by atoms with van der Waals surface area (Å²) in [5, 5.41) is 1.16. The number of halogens is 1. The van der Waals surface area contributed by atoms with Gasteiger partial charge in [0, 0.05) is 16.0 Å². The normalized spacial score (nSPS) is 10.6. The number of rotatable bonds is 5. The van der Waals surface area contributed by atoms with Gasteiger partial charge in [-0.1, -0.05) is 41.9 Å². The number of pyridine rings is 1. The van der Waals surface area contributed by atoms with Crippen molar-refractivity contribution < 1.29 is 19.1 Å². The predicted octanol–water partition coefficient (Wildman–Crippen LogP) is 4.91. The number of hydrogen-bond acceptors (Lipinski definition) is 5. The molecule has 0 saturated carbocycles. The smallest absolute Gasteiger partial charge is 0.357 e. The molecule has 6 heteroatoms. The molecule has 3 rings (SSSR count). The Hall–Kier alpha value is -2.92. The van der Waals surface area contributed by atoms with Gasteiger partial charge in [-0.2, -0.15) is 0 Å². The van der Waals surface area contributed by atoms with E-state index in [1.54, 1.807) is 32.0 Å². The standard InChI is InChI=1S/C21H18ClNO4/c1-3-26-20(24)18-17(13-8-6-5-7-9-13)15-12-14(22)10-11-16(15)23-19(18)21(25)27-4-2/h5-12H,3-4H2,1-2H3. The fourth-order valence-electron chi connectivity index (χ4n) is 2.89. The van der Waals surface area contributed by atoms with Crippen LogP contribution >= 0.6 is 11.6 Å². The first-order valence-electron chi connectivity index (χ1n) is 8.59. The Balaban J connectivity index is 2.44. The van der Waals surface area contributed by atoms with Crippen LogP contribution in [-0.2, 0) is 9.47 Å². The highest BCUT2D eigenvalue weighted by Gasteiger charge is 2.28. The Morgan fingerprint density at radius 2 is 1.63 bits per heavy atom. The Morgan fingerprint density at radius 1 is 0.963 bits per heavy atom. The van der Waals surface area contributed by atoms with Crippen molar-refractivity contribution in [1.29, 1.82) is 0 Å². The summed E-state index contributed by atoms with van der Waals surface area (Å²) in [6.45, 7) is 3.74. The van der Waals surface area contributed by atoms with E-state index in [0.29, 0.717) is 21.5 Å². The fraction of sp³-hybridized carbons (Fsp3) is 0.190. The average Bonchev–Trinajstić information content (AvgIpc) is 2.67. The van der Waals surface area contributed by atoms with Gasteiger partial charge in [0.25, 0.3) is 0 Å². The van der Waals surface area contributed by atoms with Gasteiger partial charge in [-0.25, -0.2) is 14.6 Å². The molecule has 0 aliphatic rings. The molecule has 27 heavy (non-hydrogen) atoms. The lowest BCUT2D eigenvalue weighted by molar-refractivity contribution is 0.0474. The first kappa shape index (κ1) is 18.9. The van der Waals surface area contributed by atoms with Crippen LogP contribution in [0.5, 0.6) is 0 Å². The second-order valence-corrected chi connectivity index (χ2v) is 6.12. The number of benzene rings is 2. The summed E-state index contributed by atoms with van der Waals surface area (Å²) in [7, 11) is 0. The molecule has 1 aromatic heterocycles. The number of aromatic nitrogens is 1. The van der Waals surface area contributed by atoms with Crippen LogP contribution in [-0.4, -0.2) is 30.1 Å². The van der Waals surface area contributed by atoms with Gasteiger partial charge in [0.1, 0.15) is 5.56 Å². The lowest BCUT2D eigenvalue weighted by atomic mass is 9.94. The van der Waals surface area contributed by atoms with Gasteiger partial charge in [0.05, 0.1) is 18.7 Å². The Labute approximate surface area is 161 Å². The zero-order valence-corrected chi connectivity index (χ0v) is 15.7. The highest BCUT2D eigenvalue weighted by Crippen LogP contribution is 2.35. The van der Waals surface area contributed by atoms with Gasteiger partial charge in [-0.3, -0.25) is 0 Å². The van der Waals surface area contributed by atoms with E-state index in [4.69, 9.17) is 21.1 Å². The van der Waals surface area contributed by atoms with Gasteiger partial charge in [-0.05, 0) is 37.6 Å². The number of fused-ring (bicyclic) bond motifs is 1. The summed E-state index contributed by atoms with van der Waals surface area (Å²) >= 11 is 6.19. The zero-order valence-electron chi connectivity index (χ0n) is 15.0. The Kier molecular flexibility index (Phi) is 5.72. The minimum absolute atomic E-state index is 0.0658. The summed E-state index contributed by atoms with van der Waals surface area (Å²) in [4.78, 5) is 29.7. The van der Waals surface area contributed by atoms with Gasteiger partial charge in [0.2, 0.25) is 0 Å². The lowest BCUT2D eigenvalue weighted by Crippen LogP contribution is -2.18. The molecule has 0 spiro atoms. The molecule has 0 amide bonds. The van der Waals surface area contributed by atoms with E-state index >= 15 is 0 Å². The van der Waals surface area contributed by atoms with E-state index in [2.05, 4.69) is 4.98 Å². The van der Waals surface area contributed by atoms with Crippen LogP contribution < -0.4 is 0 Å². The zero-order chi connectivity index (χ0) is 19.4. The number of ether oxygens (including phenoxy) is 2. The van der Waals surface area contributed by atoms with E-state index in [1.165, 1.54) is 0 Å². The number of nitrogens with zero attached hydrogens (tertiary/aromatic N) is 1. The van der Waals surface area contributed by atoms with Crippen molar-refractivity contribution in [3.63, 3.8) is 0 Å². The molecule has 2 aromatic carbocycles. The van der Waals surface area contributed by atoms with E-state index in [9.17, 15) is 9.59 Å². The van der Waals surface area contributed by atoms with Crippen molar-refractivity contribution >= 4 is 34.4 Å².